The molecule has 1 aromatic carbocycles. The first-order valence-corrected chi connectivity index (χ1v) is 8.43. The Labute approximate surface area is 133 Å². The molecule has 2 heterocycles. The number of benzene rings is 1. The second kappa shape index (κ2) is 6.39. The molecule has 3 rings (SSSR count). The molecule has 1 unspecified atom stereocenters. The van der Waals surface area contributed by atoms with Gasteiger partial charge in [-0.2, -0.15) is 0 Å². The van der Waals surface area contributed by atoms with Gasteiger partial charge in [-0.3, -0.25) is 4.79 Å². The Balaban J connectivity index is 1.75. The van der Waals surface area contributed by atoms with E-state index >= 15 is 0 Å². The van der Waals surface area contributed by atoms with E-state index in [0.29, 0.717) is 18.4 Å². The molecule has 4 heteroatoms. The summed E-state index contributed by atoms with van der Waals surface area (Å²) in [6.07, 6.45) is 3.23. The van der Waals surface area contributed by atoms with Gasteiger partial charge < -0.3 is 16.0 Å². The van der Waals surface area contributed by atoms with E-state index in [-0.39, 0.29) is 11.4 Å². The summed E-state index contributed by atoms with van der Waals surface area (Å²) in [5.41, 5.74) is 6.90. The number of nitrogens with zero attached hydrogens (tertiary/aromatic N) is 1. The summed E-state index contributed by atoms with van der Waals surface area (Å²) in [4.78, 5) is 15.0. The molecule has 0 aromatic heterocycles. The molecule has 1 amide bonds. The predicted octanol–water partition coefficient (Wildman–Crippen LogP) is 1.72. The standard InChI is InChI=1S/C18H27N3O/c1-18(9-5-6-10-20-18)17(22)21-12-15(11-19)16(13-21)14-7-3-2-4-8-14/h2-4,7-8,15-16,20H,5-6,9-13,19H2,1H3/t15-,16+,18?/m1/s1. The van der Waals surface area contributed by atoms with Crippen LogP contribution in [0.2, 0.25) is 0 Å². The fourth-order valence-electron chi connectivity index (χ4n) is 3.94. The van der Waals surface area contributed by atoms with Crippen molar-refractivity contribution in [3.8, 4) is 0 Å². The highest BCUT2D eigenvalue weighted by atomic mass is 16.2. The van der Waals surface area contributed by atoms with Crippen LogP contribution in [-0.2, 0) is 4.79 Å². The average molecular weight is 301 g/mol. The van der Waals surface area contributed by atoms with E-state index in [4.69, 9.17) is 5.73 Å². The van der Waals surface area contributed by atoms with Crippen LogP contribution in [0.25, 0.3) is 0 Å². The van der Waals surface area contributed by atoms with E-state index in [1.54, 1.807) is 0 Å². The van der Waals surface area contributed by atoms with Crippen LogP contribution in [-0.4, -0.2) is 42.5 Å². The molecule has 2 aliphatic rings. The minimum atomic E-state index is -0.386. The zero-order valence-corrected chi connectivity index (χ0v) is 13.4. The number of nitrogens with one attached hydrogen (secondary N) is 1. The lowest BCUT2D eigenvalue weighted by Gasteiger charge is -2.36. The number of amides is 1. The lowest BCUT2D eigenvalue weighted by Crippen LogP contribution is -2.57. The minimum Gasteiger partial charge on any atom is -0.340 e. The highest BCUT2D eigenvalue weighted by molar-refractivity contribution is 5.86. The molecule has 3 N–H and O–H groups in total. The lowest BCUT2D eigenvalue weighted by atomic mass is 9.89. The van der Waals surface area contributed by atoms with Crippen molar-refractivity contribution in [3.63, 3.8) is 0 Å². The Morgan fingerprint density at radius 2 is 2.09 bits per heavy atom. The number of hydrogen-bond acceptors (Lipinski definition) is 3. The topological polar surface area (TPSA) is 58.4 Å². The number of carbonyl (C=O) groups excluding carboxylic acids is 1. The lowest BCUT2D eigenvalue weighted by molar-refractivity contribution is -0.137. The molecule has 3 atom stereocenters. The summed E-state index contributed by atoms with van der Waals surface area (Å²) >= 11 is 0. The molecule has 22 heavy (non-hydrogen) atoms. The quantitative estimate of drug-likeness (QED) is 0.894. The molecule has 0 spiro atoms. The number of carbonyl (C=O) groups is 1. The van der Waals surface area contributed by atoms with Gasteiger partial charge in [0.25, 0.3) is 0 Å². The summed E-state index contributed by atoms with van der Waals surface area (Å²) in [5.74, 6) is 0.977. The Bertz CT molecular complexity index is 510. The number of nitrogens with two attached hydrogens (primary N) is 1. The van der Waals surface area contributed by atoms with E-state index in [0.717, 1.165) is 32.5 Å². The van der Waals surface area contributed by atoms with Crippen LogP contribution in [0, 0.1) is 5.92 Å². The van der Waals surface area contributed by atoms with Gasteiger partial charge in [-0.05, 0) is 50.8 Å². The third-order valence-corrected chi connectivity index (χ3v) is 5.35. The molecule has 2 aliphatic heterocycles. The molecule has 2 fully saturated rings. The van der Waals surface area contributed by atoms with Crippen molar-refractivity contribution in [2.75, 3.05) is 26.2 Å². The maximum Gasteiger partial charge on any atom is 0.242 e. The van der Waals surface area contributed by atoms with Crippen molar-refractivity contribution in [1.29, 1.82) is 0 Å². The van der Waals surface area contributed by atoms with Crippen LogP contribution in [0.3, 0.4) is 0 Å². The predicted molar refractivity (Wildman–Crippen MR) is 88.6 cm³/mol. The summed E-state index contributed by atoms with van der Waals surface area (Å²) in [6, 6.07) is 10.5. The van der Waals surface area contributed by atoms with Gasteiger partial charge in [-0.25, -0.2) is 0 Å². The summed E-state index contributed by atoms with van der Waals surface area (Å²) in [7, 11) is 0. The first kappa shape index (κ1) is 15.5. The van der Waals surface area contributed by atoms with Crippen molar-refractivity contribution in [3.05, 3.63) is 35.9 Å². The van der Waals surface area contributed by atoms with Crippen molar-refractivity contribution in [2.45, 2.75) is 37.6 Å². The van der Waals surface area contributed by atoms with Gasteiger partial charge in [-0.1, -0.05) is 30.3 Å². The first-order chi connectivity index (χ1) is 10.6. The Kier molecular flexibility index (Phi) is 4.50. The van der Waals surface area contributed by atoms with Gasteiger partial charge in [0.05, 0.1) is 5.54 Å². The second-order valence-corrected chi connectivity index (χ2v) is 6.94. The van der Waals surface area contributed by atoms with Gasteiger partial charge in [0.1, 0.15) is 0 Å². The zero-order valence-electron chi connectivity index (χ0n) is 13.4. The summed E-state index contributed by atoms with van der Waals surface area (Å²) in [5, 5.41) is 3.44. The molecule has 4 nitrogen and oxygen atoms in total. The average Bonchev–Trinajstić information content (AvgIpc) is 3.00. The van der Waals surface area contributed by atoms with Gasteiger partial charge in [0.2, 0.25) is 5.91 Å². The highest BCUT2D eigenvalue weighted by Gasteiger charge is 2.42. The van der Waals surface area contributed by atoms with Crippen molar-refractivity contribution < 1.29 is 4.79 Å². The zero-order chi connectivity index (χ0) is 15.6. The number of likely N-dealkylation sites (tertiary alicyclic amines) is 1. The van der Waals surface area contributed by atoms with E-state index in [2.05, 4.69) is 36.5 Å². The molecule has 0 radical (unpaired) electrons. The third-order valence-electron chi connectivity index (χ3n) is 5.35. The molecular formula is C18H27N3O. The highest BCUT2D eigenvalue weighted by Crippen LogP contribution is 2.34. The Morgan fingerprint density at radius 3 is 2.73 bits per heavy atom. The normalized spacial score (nSPS) is 32.2. The fraction of sp³-hybridized carbons (Fsp3) is 0.611. The molecule has 1 aromatic rings. The Hall–Kier alpha value is -1.39. The smallest absolute Gasteiger partial charge is 0.242 e. The third kappa shape index (κ3) is 2.90. The van der Waals surface area contributed by atoms with Gasteiger partial charge in [0.15, 0.2) is 0 Å². The number of hydrogen-bond donors (Lipinski definition) is 2. The molecule has 120 valence electrons. The first-order valence-electron chi connectivity index (χ1n) is 8.43. The largest absolute Gasteiger partial charge is 0.340 e. The maximum atomic E-state index is 13.0. The summed E-state index contributed by atoms with van der Waals surface area (Å²) < 4.78 is 0. The van der Waals surface area contributed by atoms with Crippen LogP contribution in [0.5, 0.6) is 0 Å². The van der Waals surface area contributed by atoms with Crippen LogP contribution in [0.15, 0.2) is 30.3 Å². The van der Waals surface area contributed by atoms with E-state index < -0.39 is 0 Å². The second-order valence-electron chi connectivity index (χ2n) is 6.94. The molecule has 0 aliphatic carbocycles. The molecular weight excluding hydrogens is 274 g/mol. The molecule has 0 bridgehead atoms. The van der Waals surface area contributed by atoms with E-state index in [9.17, 15) is 4.79 Å². The van der Waals surface area contributed by atoms with Crippen molar-refractivity contribution in [1.82, 2.24) is 10.2 Å². The van der Waals surface area contributed by atoms with E-state index in [1.165, 1.54) is 12.0 Å². The van der Waals surface area contributed by atoms with Crippen LogP contribution in [0.4, 0.5) is 0 Å². The van der Waals surface area contributed by atoms with Crippen LogP contribution < -0.4 is 11.1 Å². The molecule has 2 saturated heterocycles. The number of piperidine rings is 1. The monoisotopic (exact) mass is 301 g/mol. The minimum absolute atomic E-state index is 0.254. The Morgan fingerprint density at radius 1 is 1.32 bits per heavy atom. The van der Waals surface area contributed by atoms with E-state index in [1.807, 2.05) is 11.0 Å². The number of rotatable bonds is 3. The van der Waals surface area contributed by atoms with Crippen molar-refractivity contribution >= 4 is 5.91 Å². The van der Waals surface area contributed by atoms with Crippen LogP contribution >= 0.6 is 0 Å². The van der Waals surface area contributed by atoms with Crippen molar-refractivity contribution in [2.24, 2.45) is 11.7 Å². The molecule has 0 saturated carbocycles. The summed E-state index contributed by atoms with van der Waals surface area (Å²) in [6.45, 7) is 5.21. The van der Waals surface area contributed by atoms with Crippen LogP contribution in [0.1, 0.15) is 37.7 Å². The van der Waals surface area contributed by atoms with Gasteiger partial charge in [-0.15, -0.1) is 0 Å². The fourth-order valence-corrected chi connectivity index (χ4v) is 3.94. The SMILES string of the molecule is CC1(C(=O)N2C[C@@H](CN)[C@H](c3ccccc3)C2)CCCCN1. The van der Waals surface area contributed by atoms with Gasteiger partial charge >= 0.3 is 0 Å². The van der Waals surface area contributed by atoms with Gasteiger partial charge in [0, 0.05) is 19.0 Å². The maximum absolute atomic E-state index is 13.0.